The summed E-state index contributed by atoms with van der Waals surface area (Å²) in [5, 5.41) is 0. The lowest BCUT2D eigenvalue weighted by atomic mass is 10.1. The lowest BCUT2D eigenvalue weighted by molar-refractivity contribution is 0.370. The predicted molar refractivity (Wildman–Crippen MR) is 82.1 cm³/mol. The highest BCUT2D eigenvalue weighted by atomic mass is 32.2. The molecule has 0 spiro atoms. The average Bonchev–Trinajstić information content (AvgIpc) is 2.30. The van der Waals surface area contributed by atoms with Gasteiger partial charge in [0.1, 0.15) is 0 Å². The van der Waals surface area contributed by atoms with Crippen LogP contribution in [-0.4, -0.2) is 40.0 Å². The molecule has 0 saturated heterocycles. The Bertz CT molecular complexity index is 568. The van der Waals surface area contributed by atoms with Gasteiger partial charge in [-0.15, -0.1) is 0 Å². The summed E-state index contributed by atoms with van der Waals surface area (Å²) in [4.78, 5) is 2.27. The van der Waals surface area contributed by atoms with Gasteiger partial charge in [0.2, 0.25) is 10.0 Å². The van der Waals surface area contributed by atoms with Crippen molar-refractivity contribution in [3.63, 3.8) is 0 Å². The van der Waals surface area contributed by atoms with Crippen molar-refractivity contribution in [2.24, 2.45) is 5.73 Å². The first kappa shape index (κ1) is 17.1. The first-order valence-electron chi connectivity index (χ1n) is 6.64. The number of aryl methyl sites for hydroxylation is 1. The van der Waals surface area contributed by atoms with Crippen LogP contribution < -0.4 is 10.5 Å². The van der Waals surface area contributed by atoms with Gasteiger partial charge < -0.3 is 10.6 Å². The second kappa shape index (κ2) is 6.67. The van der Waals surface area contributed by atoms with Crippen LogP contribution in [0.2, 0.25) is 0 Å². The summed E-state index contributed by atoms with van der Waals surface area (Å²) in [6, 6.07) is 3.43. The number of likely N-dealkylation sites (N-methyl/N-ethyl adjacent to an activating group) is 1. The number of sulfonamides is 1. The lowest BCUT2D eigenvalue weighted by Gasteiger charge is -2.20. The average molecular weight is 299 g/mol. The number of benzene rings is 1. The molecule has 20 heavy (non-hydrogen) atoms. The molecule has 0 fully saturated rings. The molecule has 0 bridgehead atoms. The van der Waals surface area contributed by atoms with Crippen molar-refractivity contribution < 1.29 is 8.42 Å². The van der Waals surface area contributed by atoms with Crippen LogP contribution in [0.5, 0.6) is 0 Å². The van der Waals surface area contributed by atoms with E-state index in [9.17, 15) is 8.42 Å². The van der Waals surface area contributed by atoms with Crippen molar-refractivity contribution in [3.05, 3.63) is 28.8 Å². The van der Waals surface area contributed by atoms with Crippen LogP contribution in [0.4, 0.5) is 0 Å². The molecule has 3 N–H and O–H groups in total. The first-order valence-corrected chi connectivity index (χ1v) is 8.13. The van der Waals surface area contributed by atoms with Gasteiger partial charge in [-0.3, -0.25) is 0 Å². The molecule has 6 heteroatoms. The van der Waals surface area contributed by atoms with E-state index in [1.54, 1.807) is 6.07 Å². The van der Waals surface area contributed by atoms with Gasteiger partial charge >= 0.3 is 0 Å². The molecule has 0 radical (unpaired) electrons. The van der Waals surface area contributed by atoms with E-state index < -0.39 is 10.0 Å². The molecule has 0 aliphatic heterocycles. The summed E-state index contributed by atoms with van der Waals surface area (Å²) in [6.45, 7) is 6.55. The van der Waals surface area contributed by atoms with E-state index in [0.29, 0.717) is 18.0 Å². The van der Waals surface area contributed by atoms with Crippen molar-refractivity contribution in [1.82, 2.24) is 9.62 Å². The SMILES string of the molecule is Cc1cc(CN)cc(S(=O)(=O)NC(C)CN(C)C)c1C. The number of nitrogens with two attached hydrogens (primary N) is 1. The molecule has 0 saturated carbocycles. The van der Waals surface area contributed by atoms with Gasteiger partial charge in [-0.2, -0.15) is 0 Å². The zero-order valence-electron chi connectivity index (χ0n) is 12.9. The van der Waals surface area contributed by atoms with Crippen molar-refractivity contribution >= 4 is 10.0 Å². The molecule has 0 heterocycles. The molecule has 0 amide bonds. The molecule has 1 aromatic carbocycles. The van der Waals surface area contributed by atoms with Crippen LogP contribution in [0.25, 0.3) is 0 Å². The number of hydrogen-bond acceptors (Lipinski definition) is 4. The Morgan fingerprint density at radius 2 is 1.90 bits per heavy atom. The fourth-order valence-electron chi connectivity index (χ4n) is 2.21. The molecule has 1 aromatic rings. The van der Waals surface area contributed by atoms with Crippen LogP contribution in [-0.2, 0) is 16.6 Å². The van der Waals surface area contributed by atoms with Gasteiger partial charge in [0.15, 0.2) is 0 Å². The predicted octanol–water partition coefficient (Wildman–Crippen LogP) is 0.991. The molecule has 0 aromatic heterocycles. The maximum absolute atomic E-state index is 12.5. The molecule has 5 nitrogen and oxygen atoms in total. The first-order chi connectivity index (χ1) is 9.17. The van der Waals surface area contributed by atoms with E-state index in [2.05, 4.69) is 4.72 Å². The van der Waals surface area contributed by atoms with Crippen molar-refractivity contribution in [3.8, 4) is 0 Å². The summed E-state index contributed by atoms with van der Waals surface area (Å²) in [7, 11) is 0.301. The normalized spacial score (nSPS) is 13.8. The van der Waals surface area contributed by atoms with E-state index in [-0.39, 0.29) is 6.04 Å². The third-order valence-corrected chi connectivity index (χ3v) is 4.92. The Balaban J connectivity index is 3.12. The molecular formula is C14H25N3O2S. The van der Waals surface area contributed by atoms with Crippen molar-refractivity contribution in [2.45, 2.75) is 38.3 Å². The van der Waals surface area contributed by atoms with Gasteiger partial charge in [-0.1, -0.05) is 6.07 Å². The lowest BCUT2D eigenvalue weighted by Crippen LogP contribution is -2.39. The minimum absolute atomic E-state index is 0.156. The monoisotopic (exact) mass is 299 g/mol. The van der Waals surface area contributed by atoms with E-state index in [4.69, 9.17) is 5.73 Å². The summed E-state index contributed by atoms with van der Waals surface area (Å²) in [5.41, 5.74) is 8.16. The summed E-state index contributed by atoms with van der Waals surface area (Å²) in [5.74, 6) is 0. The fraction of sp³-hybridized carbons (Fsp3) is 0.571. The molecule has 0 aliphatic rings. The van der Waals surface area contributed by atoms with Gasteiger partial charge in [0, 0.05) is 19.1 Å². The summed E-state index contributed by atoms with van der Waals surface area (Å²) < 4.78 is 27.7. The second-order valence-corrected chi connectivity index (χ2v) is 7.21. The minimum atomic E-state index is -3.52. The standard InChI is InChI=1S/C14H25N3O2S/c1-10-6-13(8-15)7-14(12(10)3)20(18,19)16-11(2)9-17(4)5/h6-7,11,16H,8-9,15H2,1-5H3. The molecule has 1 rings (SSSR count). The maximum atomic E-state index is 12.5. The summed E-state index contributed by atoms with van der Waals surface area (Å²) >= 11 is 0. The Hall–Kier alpha value is -0.950. The second-order valence-electron chi connectivity index (χ2n) is 5.52. The molecule has 0 aliphatic carbocycles. The number of rotatable bonds is 6. The van der Waals surface area contributed by atoms with Crippen molar-refractivity contribution in [1.29, 1.82) is 0 Å². The van der Waals surface area contributed by atoms with E-state index in [1.165, 1.54) is 0 Å². The molecule has 114 valence electrons. The third-order valence-electron chi connectivity index (χ3n) is 3.20. The van der Waals surface area contributed by atoms with Gasteiger partial charge in [0.25, 0.3) is 0 Å². The van der Waals surface area contributed by atoms with Gasteiger partial charge in [-0.25, -0.2) is 13.1 Å². The topological polar surface area (TPSA) is 75.4 Å². The molecule has 1 unspecified atom stereocenters. The van der Waals surface area contributed by atoms with Gasteiger partial charge in [-0.05, 0) is 57.6 Å². The van der Waals surface area contributed by atoms with E-state index in [0.717, 1.165) is 16.7 Å². The number of nitrogens with zero attached hydrogens (tertiary/aromatic N) is 1. The third kappa shape index (κ3) is 4.28. The Labute approximate surface area is 122 Å². The van der Waals surface area contributed by atoms with E-state index in [1.807, 2.05) is 45.8 Å². The quantitative estimate of drug-likeness (QED) is 0.821. The Morgan fingerprint density at radius 1 is 1.30 bits per heavy atom. The zero-order chi connectivity index (χ0) is 15.5. The van der Waals surface area contributed by atoms with Crippen LogP contribution >= 0.6 is 0 Å². The van der Waals surface area contributed by atoms with Crippen molar-refractivity contribution in [2.75, 3.05) is 20.6 Å². The van der Waals surface area contributed by atoms with Crippen LogP contribution in [0.15, 0.2) is 17.0 Å². The highest BCUT2D eigenvalue weighted by molar-refractivity contribution is 7.89. The maximum Gasteiger partial charge on any atom is 0.241 e. The van der Waals surface area contributed by atoms with Crippen LogP contribution in [0.3, 0.4) is 0 Å². The molecule has 1 atom stereocenters. The Morgan fingerprint density at radius 3 is 2.40 bits per heavy atom. The zero-order valence-corrected chi connectivity index (χ0v) is 13.7. The summed E-state index contributed by atoms with van der Waals surface area (Å²) in [6.07, 6.45) is 0. The minimum Gasteiger partial charge on any atom is -0.326 e. The fourth-order valence-corrected chi connectivity index (χ4v) is 3.81. The highest BCUT2D eigenvalue weighted by Crippen LogP contribution is 2.21. The van der Waals surface area contributed by atoms with Crippen LogP contribution in [0, 0.1) is 13.8 Å². The van der Waals surface area contributed by atoms with Gasteiger partial charge in [0.05, 0.1) is 4.90 Å². The largest absolute Gasteiger partial charge is 0.326 e. The number of hydrogen-bond donors (Lipinski definition) is 2. The van der Waals surface area contributed by atoms with E-state index >= 15 is 0 Å². The smallest absolute Gasteiger partial charge is 0.241 e. The molecular weight excluding hydrogens is 274 g/mol. The Kier molecular flexibility index (Phi) is 5.70. The number of nitrogens with one attached hydrogen (secondary N) is 1. The van der Waals surface area contributed by atoms with Crippen LogP contribution in [0.1, 0.15) is 23.6 Å². The highest BCUT2D eigenvalue weighted by Gasteiger charge is 2.21.